The van der Waals surface area contributed by atoms with E-state index >= 15 is 0 Å². The van der Waals surface area contributed by atoms with Crippen molar-refractivity contribution in [2.75, 3.05) is 20.2 Å². The van der Waals surface area contributed by atoms with Crippen molar-refractivity contribution in [2.45, 2.75) is 25.4 Å². The van der Waals surface area contributed by atoms with Crippen molar-refractivity contribution in [3.05, 3.63) is 22.4 Å². The number of carbonyl (C=O) groups excluding carboxylic acids is 1. The van der Waals surface area contributed by atoms with E-state index in [2.05, 4.69) is 21.5 Å². The molecule has 2 N–H and O–H groups in total. The van der Waals surface area contributed by atoms with E-state index < -0.39 is 6.10 Å². The summed E-state index contributed by atoms with van der Waals surface area (Å²) >= 11 is 1.74. The Bertz CT molecular complexity index is 314. The summed E-state index contributed by atoms with van der Waals surface area (Å²) in [7, 11) is 1.36. The SMILES string of the molecule is COC(=O)CCC(O)CNCCc1cccs1. The van der Waals surface area contributed by atoms with Crippen LogP contribution in [0.1, 0.15) is 17.7 Å². The second-order valence-electron chi connectivity index (χ2n) is 3.80. The number of ether oxygens (including phenoxy) is 1. The zero-order chi connectivity index (χ0) is 12.5. The molecular weight excluding hydrogens is 238 g/mol. The summed E-state index contributed by atoms with van der Waals surface area (Å²) in [5, 5.41) is 14.8. The average molecular weight is 257 g/mol. The number of nitrogens with one attached hydrogen (secondary N) is 1. The van der Waals surface area contributed by atoms with Gasteiger partial charge < -0.3 is 15.2 Å². The van der Waals surface area contributed by atoms with Crippen LogP contribution in [0.3, 0.4) is 0 Å². The van der Waals surface area contributed by atoms with Crippen LogP contribution in [0.5, 0.6) is 0 Å². The second kappa shape index (κ2) is 8.22. The Labute approximate surface area is 106 Å². The molecule has 17 heavy (non-hydrogen) atoms. The minimum atomic E-state index is -0.488. The normalized spacial score (nSPS) is 12.4. The number of thiophene rings is 1. The third kappa shape index (κ3) is 6.41. The summed E-state index contributed by atoms with van der Waals surface area (Å²) in [6.07, 6.45) is 1.20. The first kappa shape index (κ1) is 14.2. The van der Waals surface area contributed by atoms with Crippen molar-refractivity contribution < 1.29 is 14.6 Å². The number of aliphatic hydroxyl groups is 1. The molecule has 1 aromatic heterocycles. The van der Waals surface area contributed by atoms with Gasteiger partial charge in [0.1, 0.15) is 0 Å². The maximum Gasteiger partial charge on any atom is 0.305 e. The van der Waals surface area contributed by atoms with Gasteiger partial charge in [-0.25, -0.2) is 0 Å². The summed E-state index contributed by atoms with van der Waals surface area (Å²) in [5.41, 5.74) is 0. The fraction of sp³-hybridized carbons (Fsp3) is 0.583. The maximum absolute atomic E-state index is 10.8. The van der Waals surface area contributed by atoms with Crippen molar-refractivity contribution in [3.63, 3.8) is 0 Å². The fourth-order valence-corrected chi connectivity index (χ4v) is 2.13. The molecular formula is C12H19NO3S. The zero-order valence-corrected chi connectivity index (χ0v) is 10.8. The van der Waals surface area contributed by atoms with Gasteiger partial charge in [-0.3, -0.25) is 4.79 Å². The first-order chi connectivity index (χ1) is 8.22. The molecule has 0 saturated carbocycles. The van der Waals surface area contributed by atoms with E-state index in [0.717, 1.165) is 13.0 Å². The van der Waals surface area contributed by atoms with Gasteiger partial charge in [0, 0.05) is 24.4 Å². The monoisotopic (exact) mass is 257 g/mol. The molecule has 5 heteroatoms. The molecule has 0 bridgehead atoms. The molecule has 0 aromatic carbocycles. The second-order valence-corrected chi connectivity index (χ2v) is 4.83. The third-order valence-corrected chi connectivity index (χ3v) is 3.35. The van der Waals surface area contributed by atoms with Crippen LogP contribution >= 0.6 is 11.3 Å². The quantitative estimate of drug-likeness (QED) is 0.542. The van der Waals surface area contributed by atoms with Crippen LogP contribution in [0.2, 0.25) is 0 Å². The number of hydrogen-bond donors (Lipinski definition) is 2. The average Bonchev–Trinajstić information content (AvgIpc) is 2.84. The van der Waals surface area contributed by atoms with Gasteiger partial charge in [-0.2, -0.15) is 0 Å². The molecule has 96 valence electrons. The molecule has 0 fully saturated rings. The Hall–Kier alpha value is -0.910. The van der Waals surface area contributed by atoms with E-state index in [1.165, 1.54) is 12.0 Å². The smallest absolute Gasteiger partial charge is 0.305 e. The van der Waals surface area contributed by atoms with Crippen molar-refractivity contribution in [1.82, 2.24) is 5.32 Å². The van der Waals surface area contributed by atoms with E-state index in [0.29, 0.717) is 13.0 Å². The molecule has 0 aliphatic carbocycles. The molecule has 0 saturated heterocycles. The number of aliphatic hydroxyl groups excluding tert-OH is 1. The first-order valence-corrected chi connectivity index (χ1v) is 6.58. The Morgan fingerprint density at radius 3 is 3.12 bits per heavy atom. The maximum atomic E-state index is 10.8. The Morgan fingerprint density at radius 1 is 1.65 bits per heavy atom. The van der Waals surface area contributed by atoms with E-state index in [-0.39, 0.29) is 12.4 Å². The number of hydrogen-bond acceptors (Lipinski definition) is 5. The van der Waals surface area contributed by atoms with Crippen LogP contribution in [0, 0.1) is 0 Å². The molecule has 0 amide bonds. The minimum absolute atomic E-state index is 0.268. The summed E-state index contributed by atoms with van der Waals surface area (Å²) in [6.45, 7) is 1.36. The standard InChI is InChI=1S/C12H19NO3S/c1-16-12(15)5-4-10(14)9-13-7-6-11-3-2-8-17-11/h2-3,8,10,13-14H,4-7,9H2,1H3. The van der Waals surface area contributed by atoms with Gasteiger partial charge in [-0.15, -0.1) is 11.3 Å². The lowest BCUT2D eigenvalue weighted by Gasteiger charge is -2.10. The number of esters is 1. The Balaban J connectivity index is 2.00. The van der Waals surface area contributed by atoms with Gasteiger partial charge in [-0.05, 0) is 24.3 Å². The highest BCUT2D eigenvalue weighted by Crippen LogP contribution is 2.08. The van der Waals surface area contributed by atoms with Crippen LogP contribution in [0.25, 0.3) is 0 Å². The van der Waals surface area contributed by atoms with E-state index in [9.17, 15) is 9.90 Å². The largest absolute Gasteiger partial charge is 0.469 e. The van der Waals surface area contributed by atoms with Crippen molar-refractivity contribution in [3.8, 4) is 0 Å². The Morgan fingerprint density at radius 2 is 2.47 bits per heavy atom. The topological polar surface area (TPSA) is 58.6 Å². The zero-order valence-electron chi connectivity index (χ0n) is 10.0. The summed E-state index contributed by atoms with van der Waals surface area (Å²) in [5.74, 6) is -0.275. The van der Waals surface area contributed by atoms with Gasteiger partial charge in [0.2, 0.25) is 0 Å². The third-order valence-electron chi connectivity index (χ3n) is 2.42. The minimum Gasteiger partial charge on any atom is -0.469 e. The lowest BCUT2D eigenvalue weighted by Crippen LogP contribution is -2.28. The van der Waals surface area contributed by atoms with Crippen LogP contribution in [-0.4, -0.2) is 37.4 Å². The van der Waals surface area contributed by atoms with Crippen LogP contribution in [-0.2, 0) is 16.0 Å². The molecule has 4 nitrogen and oxygen atoms in total. The highest BCUT2D eigenvalue weighted by atomic mass is 32.1. The fourth-order valence-electron chi connectivity index (χ4n) is 1.42. The predicted octanol–water partition coefficient (Wildman–Crippen LogP) is 1.19. The highest BCUT2D eigenvalue weighted by Gasteiger charge is 2.07. The number of carbonyl (C=O) groups is 1. The molecule has 1 rings (SSSR count). The molecule has 0 radical (unpaired) electrons. The van der Waals surface area contributed by atoms with Gasteiger partial charge in [0.25, 0.3) is 0 Å². The van der Waals surface area contributed by atoms with E-state index in [1.807, 2.05) is 6.07 Å². The summed E-state index contributed by atoms with van der Waals surface area (Å²) in [6, 6.07) is 4.13. The highest BCUT2D eigenvalue weighted by molar-refractivity contribution is 7.09. The van der Waals surface area contributed by atoms with Crippen LogP contribution in [0.4, 0.5) is 0 Å². The van der Waals surface area contributed by atoms with Crippen LogP contribution in [0.15, 0.2) is 17.5 Å². The first-order valence-electron chi connectivity index (χ1n) is 5.70. The molecule has 0 aliphatic heterocycles. The van der Waals surface area contributed by atoms with Crippen molar-refractivity contribution in [1.29, 1.82) is 0 Å². The van der Waals surface area contributed by atoms with E-state index in [4.69, 9.17) is 0 Å². The molecule has 0 spiro atoms. The molecule has 1 aromatic rings. The lowest BCUT2D eigenvalue weighted by molar-refractivity contribution is -0.141. The summed E-state index contributed by atoms with van der Waals surface area (Å²) in [4.78, 5) is 12.2. The lowest BCUT2D eigenvalue weighted by atomic mass is 10.2. The molecule has 1 heterocycles. The van der Waals surface area contributed by atoms with Crippen molar-refractivity contribution >= 4 is 17.3 Å². The number of methoxy groups -OCH3 is 1. The molecule has 1 unspecified atom stereocenters. The molecule has 0 aliphatic rings. The van der Waals surface area contributed by atoms with Gasteiger partial charge in [0.15, 0.2) is 0 Å². The molecule has 1 atom stereocenters. The van der Waals surface area contributed by atoms with Crippen LogP contribution < -0.4 is 5.32 Å². The van der Waals surface area contributed by atoms with E-state index in [1.54, 1.807) is 11.3 Å². The van der Waals surface area contributed by atoms with Crippen molar-refractivity contribution in [2.24, 2.45) is 0 Å². The predicted molar refractivity (Wildman–Crippen MR) is 68.1 cm³/mol. The van der Waals surface area contributed by atoms with Gasteiger partial charge >= 0.3 is 5.97 Å². The number of rotatable bonds is 8. The van der Waals surface area contributed by atoms with Gasteiger partial charge in [-0.1, -0.05) is 6.07 Å². The Kier molecular flexibility index (Phi) is 6.84. The summed E-state index contributed by atoms with van der Waals surface area (Å²) < 4.78 is 4.51. The van der Waals surface area contributed by atoms with Gasteiger partial charge in [0.05, 0.1) is 13.2 Å².